The molecule has 2 aliphatic heterocycles. The maximum Gasteiger partial charge on any atom is 0.410 e. The van der Waals surface area contributed by atoms with Gasteiger partial charge in [-0.05, 0) is 45.4 Å². The first-order valence-electron chi connectivity index (χ1n) is 9.35. The van der Waals surface area contributed by atoms with Gasteiger partial charge >= 0.3 is 6.09 Å². The molecule has 0 aliphatic carbocycles. The Balaban J connectivity index is 1.89. The number of carbonyl (C=O) groups is 1. The Hall–Kier alpha value is -2.35. The molecule has 3 rings (SSSR count). The number of nitro benzene ring substituents is 1. The number of likely N-dealkylation sites (N-methyl/N-ethyl adjacent to an activating group) is 1. The predicted molar refractivity (Wildman–Crippen MR) is 103 cm³/mol. The fourth-order valence-corrected chi connectivity index (χ4v) is 3.58. The Morgan fingerprint density at radius 2 is 1.81 bits per heavy atom. The van der Waals surface area contributed by atoms with E-state index < -0.39 is 5.60 Å². The van der Waals surface area contributed by atoms with Gasteiger partial charge in [0.2, 0.25) is 0 Å². The fraction of sp³-hybridized carbons (Fsp3) is 0.632. The molecule has 0 N–H and O–H groups in total. The number of piperazine rings is 1. The number of nitro groups is 1. The van der Waals surface area contributed by atoms with E-state index in [1.807, 2.05) is 20.8 Å². The number of hydrogen-bond acceptors (Lipinski definition) is 6. The number of hydrogen-bond donors (Lipinski definition) is 0. The number of fused-ring (bicyclic) bond motifs is 1. The van der Waals surface area contributed by atoms with E-state index in [0.717, 1.165) is 43.0 Å². The number of non-ortho nitro benzene ring substituents is 1. The van der Waals surface area contributed by atoms with Gasteiger partial charge in [0, 0.05) is 57.1 Å². The highest BCUT2D eigenvalue weighted by Crippen LogP contribution is 2.34. The lowest BCUT2D eigenvalue weighted by atomic mass is 9.96. The maximum atomic E-state index is 12.4. The molecule has 148 valence electrons. The van der Waals surface area contributed by atoms with Crippen LogP contribution >= 0.6 is 0 Å². The smallest absolute Gasteiger partial charge is 0.410 e. The summed E-state index contributed by atoms with van der Waals surface area (Å²) in [4.78, 5) is 29.6. The molecule has 2 heterocycles. The van der Waals surface area contributed by atoms with Crippen LogP contribution < -0.4 is 4.90 Å². The van der Waals surface area contributed by atoms with E-state index in [-0.39, 0.29) is 16.7 Å². The molecule has 0 spiro atoms. The Morgan fingerprint density at radius 3 is 2.41 bits per heavy atom. The molecule has 27 heavy (non-hydrogen) atoms. The van der Waals surface area contributed by atoms with Gasteiger partial charge in [0.15, 0.2) is 0 Å². The van der Waals surface area contributed by atoms with Gasteiger partial charge in [-0.2, -0.15) is 0 Å². The summed E-state index contributed by atoms with van der Waals surface area (Å²) in [5.41, 5.74) is 2.41. The number of nitrogens with zero attached hydrogens (tertiary/aromatic N) is 4. The molecule has 1 saturated heterocycles. The maximum absolute atomic E-state index is 12.4. The molecule has 0 unspecified atom stereocenters. The molecule has 8 heteroatoms. The largest absolute Gasteiger partial charge is 0.444 e. The van der Waals surface area contributed by atoms with Crippen molar-refractivity contribution in [1.82, 2.24) is 9.80 Å². The monoisotopic (exact) mass is 376 g/mol. The van der Waals surface area contributed by atoms with Gasteiger partial charge in [0.1, 0.15) is 5.60 Å². The summed E-state index contributed by atoms with van der Waals surface area (Å²) in [6.45, 7) is 9.95. The Kier molecular flexibility index (Phi) is 5.28. The topological polar surface area (TPSA) is 79.2 Å². The third kappa shape index (κ3) is 4.50. The molecular formula is C19H28N4O4. The molecule has 1 aromatic carbocycles. The Bertz CT molecular complexity index is 736. The number of benzene rings is 1. The zero-order valence-electron chi connectivity index (χ0n) is 16.5. The number of rotatable bonds is 2. The Morgan fingerprint density at radius 1 is 1.15 bits per heavy atom. The van der Waals surface area contributed by atoms with E-state index in [1.165, 1.54) is 0 Å². The lowest BCUT2D eigenvalue weighted by Crippen LogP contribution is -2.45. The molecule has 0 aromatic heterocycles. The molecule has 0 radical (unpaired) electrons. The van der Waals surface area contributed by atoms with Crippen LogP contribution in [0.15, 0.2) is 12.1 Å². The quantitative estimate of drug-likeness (QED) is 0.583. The third-order valence-corrected chi connectivity index (χ3v) is 5.00. The molecule has 8 nitrogen and oxygen atoms in total. The van der Waals surface area contributed by atoms with Crippen molar-refractivity contribution in [3.8, 4) is 0 Å². The van der Waals surface area contributed by atoms with Crippen LogP contribution in [0.2, 0.25) is 0 Å². The zero-order chi connectivity index (χ0) is 19.8. The normalized spacial score (nSPS) is 18.2. The highest BCUT2D eigenvalue weighted by atomic mass is 16.6. The third-order valence-electron chi connectivity index (χ3n) is 5.00. The second-order valence-electron chi connectivity index (χ2n) is 8.30. The van der Waals surface area contributed by atoms with E-state index in [1.54, 1.807) is 17.0 Å². The summed E-state index contributed by atoms with van der Waals surface area (Å²) in [5, 5.41) is 11.5. The lowest BCUT2D eigenvalue weighted by Gasteiger charge is -2.37. The number of amides is 1. The first-order valence-corrected chi connectivity index (χ1v) is 9.35. The summed E-state index contributed by atoms with van der Waals surface area (Å²) < 4.78 is 5.47. The summed E-state index contributed by atoms with van der Waals surface area (Å²) in [6.07, 6.45) is 0.301. The van der Waals surface area contributed by atoms with Crippen molar-refractivity contribution < 1.29 is 14.5 Å². The van der Waals surface area contributed by atoms with Gasteiger partial charge < -0.3 is 19.4 Å². The summed E-state index contributed by atoms with van der Waals surface area (Å²) in [5.74, 6) is 0. The van der Waals surface area contributed by atoms with Crippen LogP contribution in [0, 0.1) is 10.1 Å². The van der Waals surface area contributed by atoms with E-state index >= 15 is 0 Å². The first-order chi connectivity index (χ1) is 12.6. The minimum atomic E-state index is -0.564. The van der Waals surface area contributed by atoms with Crippen LogP contribution in [-0.4, -0.2) is 66.2 Å². The summed E-state index contributed by atoms with van der Waals surface area (Å²) >= 11 is 0. The average Bonchev–Trinajstić information content (AvgIpc) is 2.59. The molecule has 1 amide bonds. The molecular weight excluding hydrogens is 348 g/mol. The van der Waals surface area contributed by atoms with Crippen molar-refractivity contribution in [1.29, 1.82) is 0 Å². The average molecular weight is 376 g/mol. The highest BCUT2D eigenvalue weighted by Gasteiger charge is 2.30. The van der Waals surface area contributed by atoms with Crippen LogP contribution in [0.4, 0.5) is 16.2 Å². The lowest BCUT2D eigenvalue weighted by molar-refractivity contribution is -0.384. The van der Waals surface area contributed by atoms with Gasteiger partial charge in [-0.3, -0.25) is 10.1 Å². The minimum absolute atomic E-state index is 0.0775. The highest BCUT2D eigenvalue weighted by molar-refractivity contribution is 5.70. The molecule has 0 saturated carbocycles. The SMILES string of the molecule is CN1CCN(c2cc([N+](=O)[O-])cc3c2CCN(C(=O)OC(C)(C)C)C3)CC1. The van der Waals surface area contributed by atoms with Crippen LogP contribution in [0.25, 0.3) is 0 Å². The van der Waals surface area contributed by atoms with Crippen molar-refractivity contribution in [3.05, 3.63) is 33.4 Å². The van der Waals surface area contributed by atoms with Gasteiger partial charge in [-0.1, -0.05) is 0 Å². The van der Waals surface area contributed by atoms with Crippen molar-refractivity contribution in [3.63, 3.8) is 0 Å². The van der Waals surface area contributed by atoms with E-state index in [9.17, 15) is 14.9 Å². The fourth-order valence-electron chi connectivity index (χ4n) is 3.58. The van der Waals surface area contributed by atoms with Crippen LogP contribution in [-0.2, 0) is 17.7 Å². The van der Waals surface area contributed by atoms with Gasteiger partial charge in [0.25, 0.3) is 5.69 Å². The van der Waals surface area contributed by atoms with Crippen LogP contribution in [0.1, 0.15) is 31.9 Å². The number of carbonyl (C=O) groups excluding carboxylic acids is 1. The van der Waals surface area contributed by atoms with Crippen molar-refractivity contribution in [2.24, 2.45) is 0 Å². The molecule has 1 aromatic rings. The predicted octanol–water partition coefficient (Wildman–Crippen LogP) is 2.64. The van der Waals surface area contributed by atoms with Crippen molar-refractivity contribution in [2.45, 2.75) is 39.3 Å². The second-order valence-corrected chi connectivity index (χ2v) is 8.30. The minimum Gasteiger partial charge on any atom is -0.444 e. The molecule has 0 atom stereocenters. The number of anilines is 1. The van der Waals surface area contributed by atoms with Gasteiger partial charge in [-0.25, -0.2) is 4.79 Å². The Labute approximate surface area is 159 Å². The summed E-state index contributed by atoms with van der Waals surface area (Å²) in [7, 11) is 2.08. The van der Waals surface area contributed by atoms with E-state index in [2.05, 4.69) is 16.8 Å². The molecule has 0 bridgehead atoms. The van der Waals surface area contributed by atoms with Gasteiger partial charge in [-0.15, -0.1) is 0 Å². The zero-order valence-corrected chi connectivity index (χ0v) is 16.5. The standard InChI is InChI=1S/C19H28N4O4/c1-19(2,3)27-18(24)22-6-5-16-14(13-22)11-15(23(25)26)12-17(16)21-9-7-20(4)8-10-21/h11-12H,5-10,13H2,1-4H3. The molecule has 2 aliphatic rings. The van der Waals surface area contributed by atoms with Crippen molar-refractivity contribution >= 4 is 17.5 Å². The van der Waals surface area contributed by atoms with E-state index in [4.69, 9.17) is 4.74 Å². The molecule has 1 fully saturated rings. The summed E-state index contributed by atoms with van der Waals surface area (Å²) in [6, 6.07) is 3.29. The first kappa shape index (κ1) is 19.4. The van der Waals surface area contributed by atoms with Crippen LogP contribution in [0.5, 0.6) is 0 Å². The second kappa shape index (κ2) is 7.34. The van der Waals surface area contributed by atoms with Crippen molar-refractivity contribution in [2.75, 3.05) is 44.7 Å². The number of ether oxygens (including phenoxy) is 1. The van der Waals surface area contributed by atoms with Gasteiger partial charge in [0.05, 0.1) is 4.92 Å². The van der Waals surface area contributed by atoms with E-state index in [0.29, 0.717) is 19.5 Å². The van der Waals surface area contributed by atoms with Crippen LogP contribution in [0.3, 0.4) is 0 Å².